The number of benzene rings is 1. The maximum atomic E-state index is 12.2. The third-order valence-electron chi connectivity index (χ3n) is 4.61. The van der Waals surface area contributed by atoms with Gasteiger partial charge in [-0.15, -0.1) is 0 Å². The van der Waals surface area contributed by atoms with Crippen molar-refractivity contribution in [2.75, 3.05) is 38.6 Å². The van der Waals surface area contributed by atoms with Crippen molar-refractivity contribution in [1.29, 1.82) is 0 Å². The Kier molecular flexibility index (Phi) is 7.52. The lowest BCUT2D eigenvalue weighted by molar-refractivity contribution is -0.384. The zero-order valence-electron chi connectivity index (χ0n) is 16.8. The third kappa shape index (κ3) is 6.16. The van der Waals surface area contributed by atoms with E-state index in [1.165, 1.54) is 24.1 Å². The largest absolute Gasteiger partial charge is 0.452 e. The van der Waals surface area contributed by atoms with Crippen LogP contribution < -0.4 is 5.32 Å². The lowest BCUT2D eigenvalue weighted by Gasteiger charge is -2.23. The van der Waals surface area contributed by atoms with Crippen molar-refractivity contribution in [3.8, 4) is 0 Å². The molecule has 1 saturated carbocycles. The van der Waals surface area contributed by atoms with Gasteiger partial charge in [0.05, 0.1) is 17.0 Å². The average Bonchev–Trinajstić information content (AvgIpc) is 3.50. The molecule has 1 N–H and O–H groups in total. The lowest BCUT2D eigenvalue weighted by atomic mass is 10.1. The minimum atomic E-state index is -0.845. The number of nitrogens with zero attached hydrogens (tertiary/aromatic N) is 3. The predicted molar refractivity (Wildman–Crippen MR) is 106 cm³/mol. The SMILES string of the molecule is CCN(CC)C(=O)CN(C)C(=O)COC(=O)c1ccc(NC2CC2)c([N+](=O)[O-])c1. The molecule has 1 aromatic rings. The highest BCUT2D eigenvalue weighted by atomic mass is 16.6. The molecular formula is C19H26N4O6. The van der Waals surface area contributed by atoms with Gasteiger partial charge in [-0.25, -0.2) is 4.79 Å². The van der Waals surface area contributed by atoms with Crippen molar-refractivity contribution in [1.82, 2.24) is 9.80 Å². The number of ether oxygens (including phenoxy) is 1. The smallest absolute Gasteiger partial charge is 0.338 e. The normalized spacial score (nSPS) is 12.8. The number of nitrogens with one attached hydrogen (secondary N) is 1. The van der Waals surface area contributed by atoms with E-state index in [0.717, 1.165) is 18.9 Å². The highest BCUT2D eigenvalue weighted by Crippen LogP contribution is 2.31. The van der Waals surface area contributed by atoms with Crippen LogP contribution >= 0.6 is 0 Å². The molecule has 1 fully saturated rings. The second-order valence-electron chi connectivity index (χ2n) is 6.80. The van der Waals surface area contributed by atoms with E-state index >= 15 is 0 Å². The van der Waals surface area contributed by atoms with Gasteiger partial charge in [0.1, 0.15) is 5.69 Å². The minimum Gasteiger partial charge on any atom is -0.452 e. The summed E-state index contributed by atoms with van der Waals surface area (Å²) in [4.78, 5) is 49.9. The number of likely N-dealkylation sites (N-methyl/N-ethyl adjacent to an activating group) is 2. The second kappa shape index (κ2) is 9.85. The van der Waals surface area contributed by atoms with Gasteiger partial charge >= 0.3 is 5.97 Å². The van der Waals surface area contributed by atoms with Crippen LogP contribution in [0.4, 0.5) is 11.4 Å². The summed E-state index contributed by atoms with van der Waals surface area (Å²) < 4.78 is 4.98. The van der Waals surface area contributed by atoms with Gasteiger partial charge in [-0.1, -0.05) is 0 Å². The number of rotatable bonds is 10. The molecule has 0 radical (unpaired) electrons. The Morgan fingerprint density at radius 1 is 1.21 bits per heavy atom. The molecule has 0 unspecified atom stereocenters. The topological polar surface area (TPSA) is 122 Å². The number of carbonyl (C=O) groups excluding carboxylic acids is 3. The van der Waals surface area contributed by atoms with E-state index < -0.39 is 23.4 Å². The summed E-state index contributed by atoms with van der Waals surface area (Å²) in [5.74, 6) is -1.59. The Morgan fingerprint density at radius 3 is 2.41 bits per heavy atom. The van der Waals surface area contributed by atoms with Crippen LogP contribution in [0.25, 0.3) is 0 Å². The molecule has 2 amide bonds. The van der Waals surface area contributed by atoms with Crippen LogP contribution in [0.1, 0.15) is 37.0 Å². The van der Waals surface area contributed by atoms with E-state index in [9.17, 15) is 24.5 Å². The van der Waals surface area contributed by atoms with Gasteiger partial charge in [0.15, 0.2) is 6.61 Å². The Labute approximate surface area is 168 Å². The molecule has 1 aromatic carbocycles. The van der Waals surface area contributed by atoms with Gasteiger partial charge < -0.3 is 19.9 Å². The number of carbonyl (C=O) groups is 3. The predicted octanol–water partition coefficient (Wildman–Crippen LogP) is 1.65. The molecule has 10 heteroatoms. The second-order valence-corrected chi connectivity index (χ2v) is 6.80. The summed E-state index contributed by atoms with van der Waals surface area (Å²) in [6, 6.07) is 4.23. The van der Waals surface area contributed by atoms with Crippen LogP contribution in [0, 0.1) is 10.1 Å². The average molecular weight is 406 g/mol. The Morgan fingerprint density at radius 2 is 1.86 bits per heavy atom. The summed E-state index contributed by atoms with van der Waals surface area (Å²) in [5, 5.41) is 14.3. The summed E-state index contributed by atoms with van der Waals surface area (Å²) in [7, 11) is 1.45. The van der Waals surface area contributed by atoms with Gasteiger partial charge in [0, 0.05) is 32.2 Å². The quantitative estimate of drug-likeness (QED) is 0.356. The third-order valence-corrected chi connectivity index (χ3v) is 4.61. The maximum absolute atomic E-state index is 12.2. The first-order valence-corrected chi connectivity index (χ1v) is 9.50. The maximum Gasteiger partial charge on any atom is 0.338 e. The number of esters is 1. The number of nitro groups is 1. The Bertz CT molecular complexity index is 789. The zero-order valence-corrected chi connectivity index (χ0v) is 16.8. The molecule has 0 aromatic heterocycles. The molecular weight excluding hydrogens is 380 g/mol. The van der Waals surface area contributed by atoms with E-state index in [2.05, 4.69) is 5.32 Å². The van der Waals surface area contributed by atoms with Gasteiger partial charge in [0.2, 0.25) is 5.91 Å². The first-order chi connectivity index (χ1) is 13.8. The van der Waals surface area contributed by atoms with Crippen molar-refractivity contribution in [3.05, 3.63) is 33.9 Å². The van der Waals surface area contributed by atoms with Gasteiger partial charge in [-0.05, 0) is 38.8 Å². The first-order valence-electron chi connectivity index (χ1n) is 9.50. The van der Waals surface area contributed by atoms with Crippen molar-refractivity contribution in [3.63, 3.8) is 0 Å². The molecule has 10 nitrogen and oxygen atoms in total. The van der Waals surface area contributed by atoms with E-state index in [1.807, 2.05) is 13.8 Å². The molecule has 29 heavy (non-hydrogen) atoms. The molecule has 0 spiro atoms. The number of nitro benzene ring substituents is 1. The monoisotopic (exact) mass is 406 g/mol. The first kappa shape index (κ1) is 22.1. The zero-order chi connectivity index (χ0) is 21.6. The molecule has 158 valence electrons. The minimum absolute atomic E-state index is 0.0206. The van der Waals surface area contributed by atoms with Crippen molar-refractivity contribution < 1.29 is 24.0 Å². The van der Waals surface area contributed by atoms with Crippen LogP contribution in [0.5, 0.6) is 0 Å². The number of anilines is 1. The fraction of sp³-hybridized carbons (Fsp3) is 0.526. The van der Waals surface area contributed by atoms with Crippen LogP contribution in [0.3, 0.4) is 0 Å². The van der Waals surface area contributed by atoms with E-state index in [1.54, 1.807) is 4.90 Å². The highest BCUT2D eigenvalue weighted by molar-refractivity contribution is 5.93. The molecule has 0 saturated heterocycles. The Balaban J connectivity index is 1.94. The number of hydrogen-bond acceptors (Lipinski definition) is 7. The standard InChI is InChI=1S/C19H26N4O6/c1-4-22(5-2)17(24)11-21(3)18(25)12-29-19(26)13-6-9-15(20-14-7-8-14)16(10-13)23(27)28/h6,9-10,14,20H,4-5,7-8,11-12H2,1-3H3. The summed E-state index contributed by atoms with van der Waals surface area (Å²) in [5.41, 5.74) is 0.104. The molecule has 0 bridgehead atoms. The van der Waals surface area contributed by atoms with Crippen molar-refractivity contribution >= 4 is 29.2 Å². The molecule has 0 aliphatic heterocycles. The number of hydrogen-bond donors (Lipinski definition) is 1. The molecule has 1 aliphatic rings. The van der Waals surface area contributed by atoms with E-state index in [4.69, 9.17) is 4.74 Å². The van der Waals surface area contributed by atoms with E-state index in [-0.39, 0.29) is 29.7 Å². The fourth-order valence-corrected chi connectivity index (χ4v) is 2.67. The van der Waals surface area contributed by atoms with Crippen molar-refractivity contribution in [2.24, 2.45) is 0 Å². The van der Waals surface area contributed by atoms with Crippen LogP contribution in [0.2, 0.25) is 0 Å². The molecule has 0 heterocycles. The van der Waals surface area contributed by atoms with Crippen molar-refractivity contribution in [2.45, 2.75) is 32.7 Å². The van der Waals surface area contributed by atoms with Gasteiger partial charge in [-0.2, -0.15) is 0 Å². The molecule has 0 atom stereocenters. The van der Waals surface area contributed by atoms with E-state index in [0.29, 0.717) is 18.8 Å². The van der Waals surface area contributed by atoms with Crippen LogP contribution in [-0.4, -0.2) is 71.8 Å². The number of amides is 2. The fourth-order valence-electron chi connectivity index (χ4n) is 2.67. The van der Waals surface area contributed by atoms with Gasteiger partial charge in [0.25, 0.3) is 11.6 Å². The van der Waals surface area contributed by atoms with Gasteiger partial charge in [-0.3, -0.25) is 19.7 Å². The lowest BCUT2D eigenvalue weighted by Crippen LogP contribution is -2.42. The Hall–Kier alpha value is -3.17. The van der Waals surface area contributed by atoms with Crippen LogP contribution in [0.15, 0.2) is 18.2 Å². The highest BCUT2D eigenvalue weighted by Gasteiger charge is 2.26. The summed E-state index contributed by atoms with van der Waals surface area (Å²) >= 11 is 0. The summed E-state index contributed by atoms with van der Waals surface area (Å²) in [6.07, 6.45) is 1.90. The molecule has 2 rings (SSSR count). The van der Waals surface area contributed by atoms with Crippen LogP contribution in [-0.2, 0) is 14.3 Å². The molecule has 1 aliphatic carbocycles. The summed E-state index contributed by atoms with van der Waals surface area (Å²) in [6.45, 7) is 4.08.